The fourth-order valence-corrected chi connectivity index (χ4v) is 2.22. The molecule has 130 valence electrons. The minimum atomic E-state index is -0.495. The van der Waals surface area contributed by atoms with Gasteiger partial charge in [0, 0.05) is 5.69 Å². The number of rotatable bonds is 6. The van der Waals surface area contributed by atoms with Crippen LogP contribution in [0, 0.1) is 29.6 Å². The number of hydrogen-bond acceptors (Lipinski definition) is 5. The number of benzene rings is 2. The summed E-state index contributed by atoms with van der Waals surface area (Å²) in [6.45, 7) is 1.77. The first-order chi connectivity index (χ1) is 12.6. The summed E-state index contributed by atoms with van der Waals surface area (Å²) in [7, 11) is 1.47. The molecule has 0 heterocycles. The van der Waals surface area contributed by atoms with E-state index in [9.17, 15) is 10.1 Å². The minimum absolute atomic E-state index is 0.0407. The molecule has 0 atom stereocenters. The smallest absolute Gasteiger partial charge is 0.266 e. The molecule has 0 saturated carbocycles. The standard InChI is InChI=1S/C20H17N3O3/c1-14-5-3-4-6-17(14)23-20(24)16(13-22)11-15-7-8-18(26-10-9-21)19(12-15)25-2/h3-8,11-12H,10H2,1-2H3,(H,23,24)/b16-11+. The van der Waals surface area contributed by atoms with Gasteiger partial charge in [-0.25, -0.2) is 0 Å². The van der Waals surface area contributed by atoms with Gasteiger partial charge in [0.1, 0.15) is 17.7 Å². The van der Waals surface area contributed by atoms with Crippen molar-refractivity contribution in [2.24, 2.45) is 0 Å². The molecule has 1 N–H and O–H groups in total. The van der Waals surface area contributed by atoms with Gasteiger partial charge >= 0.3 is 0 Å². The summed E-state index contributed by atoms with van der Waals surface area (Å²) in [6.07, 6.45) is 1.46. The highest BCUT2D eigenvalue weighted by molar-refractivity contribution is 6.10. The van der Waals surface area contributed by atoms with Crippen LogP contribution in [0.5, 0.6) is 11.5 Å². The predicted molar refractivity (Wildman–Crippen MR) is 97.5 cm³/mol. The molecule has 26 heavy (non-hydrogen) atoms. The highest BCUT2D eigenvalue weighted by atomic mass is 16.5. The van der Waals surface area contributed by atoms with E-state index in [1.54, 1.807) is 24.3 Å². The third-order valence-corrected chi connectivity index (χ3v) is 3.55. The zero-order chi connectivity index (χ0) is 18.9. The topological polar surface area (TPSA) is 95.1 Å². The van der Waals surface area contributed by atoms with Gasteiger partial charge < -0.3 is 14.8 Å². The first-order valence-corrected chi connectivity index (χ1v) is 7.75. The number of aryl methyl sites for hydroxylation is 1. The molecule has 0 radical (unpaired) electrons. The lowest BCUT2D eigenvalue weighted by atomic mass is 10.1. The first-order valence-electron chi connectivity index (χ1n) is 7.75. The van der Waals surface area contributed by atoms with Crippen LogP contribution in [0.2, 0.25) is 0 Å². The van der Waals surface area contributed by atoms with Crippen LogP contribution >= 0.6 is 0 Å². The van der Waals surface area contributed by atoms with Gasteiger partial charge in [0.25, 0.3) is 5.91 Å². The number of carbonyl (C=O) groups is 1. The Kier molecular flexibility index (Phi) is 6.36. The molecule has 0 unspecified atom stereocenters. The minimum Gasteiger partial charge on any atom is -0.493 e. The van der Waals surface area contributed by atoms with Crippen molar-refractivity contribution in [3.8, 4) is 23.6 Å². The van der Waals surface area contributed by atoms with Gasteiger partial charge in [0.2, 0.25) is 0 Å². The van der Waals surface area contributed by atoms with Crippen LogP contribution in [0.3, 0.4) is 0 Å². The number of amides is 1. The normalized spacial score (nSPS) is 10.4. The maximum Gasteiger partial charge on any atom is 0.266 e. The SMILES string of the molecule is COc1cc(/C=C(\C#N)C(=O)Nc2ccccc2C)ccc1OCC#N. The van der Waals surface area contributed by atoms with Crippen molar-refractivity contribution < 1.29 is 14.3 Å². The van der Waals surface area contributed by atoms with Gasteiger partial charge in [-0.3, -0.25) is 4.79 Å². The number of anilines is 1. The quantitative estimate of drug-likeness (QED) is 0.638. The highest BCUT2D eigenvalue weighted by Gasteiger charge is 2.12. The van der Waals surface area contributed by atoms with Crippen molar-refractivity contribution in [3.63, 3.8) is 0 Å². The maximum absolute atomic E-state index is 12.4. The summed E-state index contributed by atoms with van der Waals surface area (Å²) in [5.74, 6) is 0.324. The zero-order valence-electron chi connectivity index (χ0n) is 14.4. The second-order valence-corrected chi connectivity index (χ2v) is 5.30. The summed E-state index contributed by atoms with van der Waals surface area (Å²) < 4.78 is 10.5. The Bertz CT molecular complexity index is 921. The number of nitrogens with zero attached hydrogens (tertiary/aromatic N) is 2. The predicted octanol–water partition coefficient (Wildman–Crippen LogP) is 3.45. The van der Waals surface area contributed by atoms with Crippen LogP contribution in [-0.4, -0.2) is 19.6 Å². The van der Waals surface area contributed by atoms with Crippen molar-refractivity contribution in [2.75, 3.05) is 19.0 Å². The van der Waals surface area contributed by atoms with Gasteiger partial charge in [-0.1, -0.05) is 24.3 Å². The Balaban J connectivity index is 2.25. The van der Waals surface area contributed by atoms with E-state index >= 15 is 0 Å². The largest absolute Gasteiger partial charge is 0.493 e. The van der Waals surface area contributed by atoms with Gasteiger partial charge in [-0.05, 0) is 42.3 Å². The van der Waals surface area contributed by atoms with Crippen LogP contribution < -0.4 is 14.8 Å². The molecule has 6 heteroatoms. The van der Waals surface area contributed by atoms with Gasteiger partial charge in [0.15, 0.2) is 18.1 Å². The lowest BCUT2D eigenvalue weighted by Gasteiger charge is -2.09. The molecule has 0 fully saturated rings. The molecule has 6 nitrogen and oxygen atoms in total. The molecule has 2 aromatic carbocycles. The summed E-state index contributed by atoms with van der Waals surface area (Å²) in [5.41, 5.74) is 2.11. The number of nitrogens with one attached hydrogen (secondary N) is 1. The molecule has 0 aliphatic carbocycles. The molecular weight excluding hydrogens is 330 g/mol. The molecule has 0 saturated heterocycles. The van der Waals surface area contributed by atoms with Gasteiger partial charge in [0.05, 0.1) is 7.11 Å². The van der Waals surface area contributed by atoms with E-state index < -0.39 is 5.91 Å². The van der Waals surface area contributed by atoms with Crippen molar-refractivity contribution >= 4 is 17.7 Å². The second-order valence-electron chi connectivity index (χ2n) is 5.30. The third kappa shape index (κ3) is 4.62. The molecule has 0 bridgehead atoms. The number of nitriles is 2. The lowest BCUT2D eigenvalue weighted by molar-refractivity contribution is -0.112. The fraction of sp³-hybridized carbons (Fsp3) is 0.150. The molecule has 1 amide bonds. The van der Waals surface area contributed by atoms with Crippen molar-refractivity contribution in [2.45, 2.75) is 6.92 Å². The Morgan fingerprint density at radius 3 is 2.62 bits per heavy atom. The van der Waals surface area contributed by atoms with Crippen LogP contribution in [0.4, 0.5) is 5.69 Å². The first kappa shape index (κ1) is 18.6. The van der Waals surface area contributed by atoms with Crippen LogP contribution in [0.15, 0.2) is 48.0 Å². The van der Waals surface area contributed by atoms with E-state index in [-0.39, 0.29) is 12.2 Å². The molecular formula is C20H17N3O3. The summed E-state index contributed by atoms with van der Waals surface area (Å²) in [6, 6.07) is 16.0. The number of para-hydroxylation sites is 1. The highest BCUT2D eigenvalue weighted by Crippen LogP contribution is 2.29. The monoisotopic (exact) mass is 347 g/mol. The van der Waals surface area contributed by atoms with Crippen molar-refractivity contribution in [1.82, 2.24) is 0 Å². The summed E-state index contributed by atoms with van der Waals surface area (Å²) in [4.78, 5) is 12.4. The molecule has 0 aliphatic heterocycles. The molecule has 0 aliphatic rings. The average Bonchev–Trinajstić information content (AvgIpc) is 2.66. The van der Waals surface area contributed by atoms with E-state index in [0.717, 1.165) is 5.56 Å². The van der Waals surface area contributed by atoms with Gasteiger partial charge in [-0.15, -0.1) is 0 Å². The fourth-order valence-electron chi connectivity index (χ4n) is 2.22. The Labute approximate surface area is 151 Å². The molecule has 0 aromatic heterocycles. The second kappa shape index (κ2) is 8.91. The number of hydrogen-bond donors (Lipinski definition) is 1. The molecule has 0 spiro atoms. The number of carbonyl (C=O) groups excluding carboxylic acids is 1. The number of ether oxygens (including phenoxy) is 2. The van der Waals surface area contributed by atoms with Crippen molar-refractivity contribution in [1.29, 1.82) is 10.5 Å². The Morgan fingerprint density at radius 2 is 1.96 bits per heavy atom. The van der Waals surface area contributed by atoms with E-state index in [0.29, 0.717) is 22.7 Å². The van der Waals surface area contributed by atoms with E-state index in [1.807, 2.05) is 37.3 Å². The Hall–Kier alpha value is -3.77. The third-order valence-electron chi connectivity index (χ3n) is 3.55. The Morgan fingerprint density at radius 1 is 1.19 bits per heavy atom. The molecule has 2 aromatic rings. The molecule has 2 rings (SSSR count). The van der Waals surface area contributed by atoms with Gasteiger partial charge in [-0.2, -0.15) is 10.5 Å². The zero-order valence-corrected chi connectivity index (χ0v) is 14.4. The summed E-state index contributed by atoms with van der Waals surface area (Å²) in [5, 5.41) is 20.7. The summed E-state index contributed by atoms with van der Waals surface area (Å²) >= 11 is 0. The van der Waals surface area contributed by atoms with Crippen LogP contribution in [0.1, 0.15) is 11.1 Å². The van der Waals surface area contributed by atoms with Crippen LogP contribution in [-0.2, 0) is 4.79 Å². The number of methoxy groups -OCH3 is 1. The van der Waals surface area contributed by atoms with E-state index in [2.05, 4.69) is 5.32 Å². The average molecular weight is 347 g/mol. The van der Waals surface area contributed by atoms with Crippen molar-refractivity contribution in [3.05, 3.63) is 59.2 Å². The lowest BCUT2D eigenvalue weighted by Crippen LogP contribution is -2.14. The van der Waals surface area contributed by atoms with Crippen LogP contribution in [0.25, 0.3) is 6.08 Å². The van der Waals surface area contributed by atoms with E-state index in [1.165, 1.54) is 13.2 Å². The van der Waals surface area contributed by atoms with E-state index in [4.69, 9.17) is 14.7 Å². The maximum atomic E-state index is 12.4.